The number of aromatic nitrogens is 2. The van der Waals surface area contributed by atoms with Crippen molar-refractivity contribution in [2.75, 3.05) is 19.0 Å². The first-order valence-electron chi connectivity index (χ1n) is 11.9. The first-order chi connectivity index (χ1) is 16.4. The summed E-state index contributed by atoms with van der Waals surface area (Å²) in [6.07, 6.45) is 3.86. The molecule has 2 bridgehead atoms. The van der Waals surface area contributed by atoms with Crippen molar-refractivity contribution in [1.82, 2.24) is 20.4 Å². The van der Waals surface area contributed by atoms with Crippen LogP contribution >= 0.6 is 0 Å². The summed E-state index contributed by atoms with van der Waals surface area (Å²) in [6.45, 7) is 0. The second kappa shape index (κ2) is 7.94. The van der Waals surface area contributed by atoms with Crippen molar-refractivity contribution in [3.05, 3.63) is 36.1 Å². The smallest absolute Gasteiger partial charge is 0.289 e. The maximum Gasteiger partial charge on any atom is 0.289 e. The van der Waals surface area contributed by atoms with Crippen LogP contribution in [0, 0.1) is 0 Å². The van der Waals surface area contributed by atoms with Gasteiger partial charge in [0.1, 0.15) is 17.5 Å². The molecular weight excluding hydrogens is 437 g/mol. The average molecular weight is 466 g/mol. The van der Waals surface area contributed by atoms with Crippen LogP contribution in [0.15, 0.2) is 34.7 Å². The zero-order valence-corrected chi connectivity index (χ0v) is 19.2. The summed E-state index contributed by atoms with van der Waals surface area (Å²) in [5.74, 6) is 0.656. The summed E-state index contributed by atoms with van der Waals surface area (Å²) in [4.78, 5) is 15.8. The van der Waals surface area contributed by atoms with Crippen molar-refractivity contribution >= 4 is 22.7 Å². The molecular formula is C25H28FN5O3. The van der Waals surface area contributed by atoms with Crippen LogP contribution in [-0.4, -0.2) is 70.5 Å². The number of carbonyl (C=O) groups is 1. The number of alkyl halides is 1. The molecule has 3 aromatic rings. The number of amides is 1. The molecule has 4 heterocycles. The molecule has 0 spiro atoms. The number of aromatic hydroxyl groups is 1. The van der Waals surface area contributed by atoms with E-state index >= 15 is 4.39 Å². The third-order valence-electron chi connectivity index (χ3n) is 7.29. The standard InChI is InChI=1S/C25H28FN5O3/c1-30(2)25(33)22-10-13-9-20(32)16(12-21(13)34-22)17-7-8-23(29-28-17)31(15-4-5-15)19-11-14-3-6-18(27-14)24(19)26/h7-10,12,14-15,18-19,24,27,32H,3-6,11H2,1-2H3/t14-,18+,19-,24+/m1/s1. The molecule has 1 aromatic carbocycles. The van der Waals surface area contributed by atoms with Crippen molar-refractivity contribution in [3.63, 3.8) is 0 Å². The van der Waals surface area contributed by atoms with E-state index in [2.05, 4.69) is 20.4 Å². The summed E-state index contributed by atoms with van der Waals surface area (Å²) in [5, 5.41) is 23.5. The number of furan rings is 1. The predicted octanol–water partition coefficient (Wildman–Crippen LogP) is 3.50. The van der Waals surface area contributed by atoms with Crippen LogP contribution in [0.3, 0.4) is 0 Å². The number of nitrogens with one attached hydrogen (secondary N) is 1. The molecule has 34 heavy (non-hydrogen) atoms. The number of hydrogen-bond acceptors (Lipinski definition) is 7. The summed E-state index contributed by atoms with van der Waals surface area (Å²) in [5.41, 5.74) is 1.43. The molecule has 4 atom stereocenters. The molecule has 1 aliphatic carbocycles. The molecule has 178 valence electrons. The van der Waals surface area contributed by atoms with Crippen molar-refractivity contribution in [2.24, 2.45) is 0 Å². The molecule has 6 rings (SSSR count). The lowest BCUT2D eigenvalue weighted by molar-refractivity contribution is 0.0799. The number of phenolic OH excluding ortho intramolecular Hbond substituents is 1. The second-order valence-electron chi connectivity index (χ2n) is 9.93. The number of fused-ring (bicyclic) bond motifs is 3. The largest absolute Gasteiger partial charge is 0.507 e. The monoisotopic (exact) mass is 465 g/mol. The number of piperidine rings is 1. The molecule has 1 amide bonds. The van der Waals surface area contributed by atoms with Gasteiger partial charge in [-0.25, -0.2) is 4.39 Å². The number of nitrogens with zero attached hydrogens (tertiary/aromatic N) is 4. The number of benzene rings is 1. The normalized spacial score (nSPS) is 26.1. The molecule has 3 aliphatic rings. The first kappa shape index (κ1) is 21.3. The Labute approximate surface area is 196 Å². The Kier molecular flexibility index (Phi) is 4.98. The Balaban J connectivity index is 1.30. The topological polar surface area (TPSA) is 94.7 Å². The molecule has 8 nitrogen and oxygen atoms in total. The lowest BCUT2D eigenvalue weighted by atomic mass is 9.95. The Bertz CT molecular complexity index is 1240. The van der Waals surface area contributed by atoms with Crippen LogP contribution in [0.2, 0.25) is 0 Å². The molecule has 2 aliphatic heterocycles. The maximum absolute atomic E-state index is 15.3. The van der Waals surface area contributed by atoms with Gasteiger partial charge in [0.05, 0.1) is 11.7 Å². The van der Waals surface area contributed by atoms with E-state index in [4.69, 9.17) is 4.42 Å². The van der Waals surface area contributed by atoms with Gasteiger partial charge < -0.3 is 24.6 Å². The van der Waals surface area contributed by atoms with E-state index in [1.807, 2.05) is 6.07 Å². The molecule has 0 radical (unpaired) electrons. The third kappa shape index (κ3) is 3.58. The van der Waals surface area contributed by atoms with Gasteiger partial charge in [-0.3, -0.25) is 4.79 Å². The van der Waals surface area contributed by atoms with Crippen LogP contribution in [0.5, 0.6) is 5.75 Å². The van der Waals surface area contributed by atoms with Gasteiger partial charge in [0.2, 0.25) is 0 Å². The van der Waals surface area contributed by atoms with Crippen molar-refractivity contribution < 1.29 is 18.7 Å². The number of hydrogen-bond donors (Lipinski definition) is 2. The van der Waals surface area contributed by atoms with Crippen LogP contribution in [0.1, 0.15) is 42.7 Å². The SMILES string of the molecule is CN(C)C(=O)c1cc2cc(O)c(-c3ccc(N(C4CC4)[C@@H]4C[C@H]5CC[C@H](N5)[C@@H]4F)nn3)cc2o1. The van der Waals surface area contributed by atoms with Crippen LogP contribution < -0.4 is 10.2 Å². The summed E-state index contributed by atoms with van der Waals surface area (Å²) in [7, 11) is 3.31. The third-order valence-corrected chi connectivity index (χ3v) is 7.29. The Hall–Kier alpha value is -3.20. The van der Waals surface area contributed by atoms with Gasteiger partial charge in [-0.1, -0.05) is 0 Å². The minimum atomic E-state index is -0.926. The van der Waals surface area contributed by atoms with E-state index in [0.717, 1.165) is 32.1 Å². The highest BCUT2D eigenvalue weighted by molar-refractivity contribution is 5.97. The lowest BCUT2D eigenvalue weighted by Gasteiger charge is -2.41. The fourth-order valence-electron chi connectivity index (χ4n) is 5.44. The Morgan fingerprint density at radius 3 is 2.68 bits per heavy atom. The second-order valence-corrected chi connectivity index (χ2v) is 9.93. The highest BCUT2D eigenvalue weighted by Gasteiger charge is 2.48. The van der Waals surface area contributed by atoms with Gasteiger partial charge >= 0.3 is 0 Å². The van der Waals surface area contributed by atoms with Gasteiger partial charge in [-0.2, -0.15) is 0 Å². The molecule has 2 aromatic heterocycles. The molecule has 1 saturated carbocycles. The molecule has 2 N–H and O–H groups in total. The first-order valence-corrected chi connectivity index (χ1v) is 11.9. The fraction of sp³-hybridized carbons (Fsp3) is 0.480. The van der Waals surface area contributed by atoms with E-state index in [9.17, 15) is 9.90 Å². The summed E-state index contributed by atoms with van der Waals surface area (Å²) in [6, 6.07) is 8.93. The number of rotatable bonds is 5. The zero-order chi connectivity index (χ0) is 23.6. The molecule has 0 unspecified atom stereocenters. The zero-order valence-electron chi connectivity index (χ0n) is 19.2. The average Bonchev–Trinajstić information content (AvgIpc) is 3.44. The van der Waals surface area contributed by atoms with Gasteiger partial charge in [-0.15, -0.1) is 10.2 Å². The number of anilines is 1. The summed E-state index contributed by atoms with van der Waals surface area (Å²) >= 11 is 0. The minimum Gasteiger partial charge on any atom is -0.507 e. The van der Waals surface area contributed by atoms with Crippen LogP contribution in [0.4, 0.5) is 10.2 Å². The number of halogens is 1. The predicted molar refractivity (Wildman–Crippen MR) is 126 cm³/mol. The van der Waals surface area contributed by atoms with Crippen molar-refractivity contribution in [1.29, 1.82) is 0 Å². The van der Waals surface area contributed by atoms with Crippen molar-refractivity contribution in [2.45, 2.75) is 62.4 Å². The maximum atomic E-state index is 15.3. The van der Waals surface area contributed by atoms with Gasteiger partial charge in [0, 0.05) is 43.2 Å². The molecule has 9 heteroatoms. The van der Waals surface area contributed by atoms with Crippen LogP contribution in [-0.2, 0) is 0 Å². The Morgan fingerprint density at radius 2 is 1.97 bits per heavy atom. The van der Waals surface area contributed by atoms with E-state index < -0.39 is 6.17 Å². The molecule has 2 saturated heterocycles. The van der Waals surface area contributed by atoms with Gasteiger partial charge in [-0.05, 0) is 62.4 Å². The summed E-state index contributed by atoms with van der Waals surface area (Å²) < 4.78 is 21.0. The van der Waals surface area contributed by atoms with Gasteiger partial charge in [0.25, 0.3) is 5.91 Å². The van der Waals surface area contributed by atoms with E-state index in [-0.39, 0.29) is 29.5 Å². The highest BCUT2D eigenvalue weighted by atomic mass is 19.1. The van der Waals surface area contributed by atoms with Crippen molar-refractivity contribution in [3.8, 4) is 17.0 Å². The Morgan fingerprint density at radius 1 is 1.15 bits per heavy atom. The number of phenols is 1. The van der Waals surface area contributed by atoms with E-state index in [1.54, 1.807) is 38.4 Å². The van der Waals surface area contributed by atoms with E-state index in [0.29, 0.717) is 40.1 Å². The quantitative estimate of drug-likeness (QED) is 0.596. The van der Waals surface area contributed by atoms with Crippen LogP contribution in [0.25, 0.3) is 22.2 Å². The van der Waals surface area contributed by atoms with E-state index in [1.165, 1.54) is 4.90 Å². The highest BCUT2D eigenvalue weighted by Crippen LogP contribution is 2.40. The van der Waals surface area contributed by atoms with Gasteiger partial charge in [0.15, 0.2) is 11.6 Å². The fourth-order valence-corrected chi connectivity index (χ4v) is 5.44. The lowest BCUT2D eigenvalue weighted by Crippen LogP contribution is -2.57. The number of carbonyl (C=O) groups excluding carboxylic acids is 1. The molecule has 3 fully saturated rings. The minimum absolute atomic E-state index is 0.0250.